The van der Waals surface area contributed by atoms with Crippen LogP contribution in [0, 0.1) is 11.8 Å². The molecule has 2 N–H and O–H groups in total. The molecule has 2 fully saturated rings. The van der Waals surface area contributed by atoms with Crippen LogP contribution in [0.5, 0.6) is 0 Å². The highest BCUT2D eigenvalue weighted by Crippen LogP contribution is 2.44. The lowest BCUT2D eigenvalue weighted by molar-refractivity contribution is -0.137. The first-order valence-electron chi connectivity index (χ1n) is 10.1. The van der Waals surface area contributed by atoms with Crippen LogP contribution >= 0.6 is 0 Å². The third kappa shape index (κ3) is 4.49. The largest absolute Gasteiger partial charge is 0.416 e. The van der Waals surface area contributed by atoms with Gasteiger partial charge in [0.2, 0.25) is 0 Å². The summed E-state index contributed by atoms with van der Waals surface area (Å²) in [5.74, 6) is 0.714. The molecule has 156 valence electrons. The van der Waals surface area contributed by atoms with Gasteiger partial charge in [0.1, 0.15) is 0 Å². The molecule has 6 heteroatoms. The highest BCUT2D eigenvalue weighted by Gasteiger charge is 2.47. The second kappa shape index (κ2) is 8.09. The zero-order valence-electron chi connectivity index (χ0n) is 16.1. The maximum atomic E-state index is 13.0. The topological polar surface area (TPSA) is 43.7 Å². The highest BCUT2D eigenvalue weighted by atomic mass is 19.4. The predicted octanol–water partition coefficient (Wildman–Crippen LogP) is 4.05. The number of alkyl halides is 3. The number of aliphatic hydroxyl groups is 2. The monoisotopic (exact) mass is 405 g/mol. The molecule has 0 bridgehead atoms. The van der Waals surface area contributed by atoms with Gasteiger partial charge in [-0.15, -0.1) is 0 Å². The smallest absolute Gasteiger partial charge is 0.393 e. The van der Waals surface area contributed by atoms with Crippen molar-refractivity contribution in [2.24, 2.45) is 11.8 Å². The Morgan fingerprint density at radius 3 is 2.52 bits per heavy atom. The summed E-state index contributed by atoms with van der Waals surface area (Å²) in [6.45, 7) is 1.05. The first-order valence-corrected chi connectivity index (χ1v) is 10.1. The molecule has 0 aromatic heterocycles. The first-order chi connectivity index (χ1) is 13.8. The quantitative estimate of drug-likeness (QED) is 0.789. The Labute approximate surface area is 168 Å². The molecule has 0 spiro atoms. The summed E-state index contributed by atoms with van der Waals surface area (Å²) in [7, 11) is 0. The Morgan fingerprint density at radius 2 is 1.79 bits per heavy atom. The van der Waals surface area contributed by atoms with E-state index in [9.17, 15) is 23.4 Å². The van der Waals surface area contributed by atoms with E-state index >= 15 is 0 Å². The molecule has 1 saturated carbocycles. The van der Waals surface area contributed by atoms with Crippen molar-refractivity contribution in [3.8, 4) is 0 Å². The molecule has 5 atom stereocenters. The van der Waals surface area contributed by atoms with E-state index in [-0.39, 0.29) is 17.7 Å². The van der Waals surface area contributed by atoms with Crippen molar-refractivity contribution in [2.75, 3.05) is 13.1 Å². The maximum absolute atomic E-state index is 13.0. The van der Waals surface area contributed by atoms with Gasteiger partial charge in [-0.2, -0.15) is 13.2 Å². The van der Waals surface area contributed by atoms with Crippen LogP contribution in [0.25, 0.3) is 0 Å². The Balaban J connectivity index is 1.52. The van der Waals surface area contributed by atoms with E-state index in [1.165, 1.54) is 11.6 Å². The van der Waals surface area contributed by atoms with E-state index in [1.807, 2.05) is 18.2 Å². The van der Waals surface area contributed by atoms with Crippen LogP contribution < -0.4 is 0 Å². The SMILES string of the molecule is OC1CC2CN(CC(O)c3cccc(C(F)(F)F)c3)C(Cc3ccccc3)C2C1. The van der Waals surface area contributed by atoms with Crippen LogP contribution in [0.1, 0.15) is 35.6 Å². The van der Waals surface area contributed by atoms with Crippen LogP contribution in [0.4, 0.5) is 13.2 Å². The molecular formula is C23H26F3NO2. The number of fused-ring (bicyclic) bond motifs is 1. The number of hydrogen-bond donors (Lipinski definition) is 2. The third-order valence-electron chi connectivity index (χ3n) is 6.45. The van der Waals surface area contributed by atoms with Crippen LogP contribution in [-0.4, -0.2) is 40.3 Å². The summed E-state index contributed by atoms with van der Waals surface area (Å²) in [6.07, 6.45) is -3.38. The Bertz CT molecular complexity index is 826. The molecule has 0 radical (unpaired) electrons. The van der Waals surface area contributed by atoms with E-state index in [2.05, 4.69) is 17.0 Å². The van der Waals surface area contributed by atoms with Gasteiger partial charge in [-0.1, -0.05) is 42.5 Å². The van der Waals surface area contributed by atoms with Crippen molar-refractivity contribution in [3.05, 3.63) is 71.3 Å². The highest BCUT2D eigenvalue weighted by molar-refractivity contribution is 5.27. The molecule has 0 amide bonds. The fourth-order valence-electron chi connectivity index (χ4n) is 5.11. The number of nitrogens with zero attached hydrogens (tertiary/aromatic N) is 1. The minimum Gasteiger partial charge on any atom is -0.393 e. The van der Waals surface area contributed by atoms with Gasteiger partial charge in [0, 0.05) is 19.1 Å². The molecular weight excluding hydrogens is 379 g/mol. The second-order valence-electron chi connectivity index (χ2n) is 8.40. The van der Waals surface area contributed by atoms with Gasteiger partial charge in [0.25, 0.3) is 0 Å². The summed E-state index contributed by atoms with van der Waals surface area (Å²) in [4.78, 5) is 2.21. The number of β-amino-alcohol motifs (C(OH)–C–C–N with tert-alkyl or cyclic N) is 1. The normalized spacial score (nSPS) is 28.4. The molecule has 2 aromatic carbocycles. The summed E-state index contributed by atoms with van der Waals surface area (Å²) < 4.78 is 39.1. The number of aliphatic hydroxyl groups excluding tert-OH is 2. The zero-order chi connectivity index (χ0) is 20.6. The second-order valence-corrected chi connectivity index (χ2v) is 8.40. The van der Waals surface area contributed by atoms with Crippen molar-refractivity contribution in [2.45, 2.75) is 43.7 Å². The third-order valence-corrected chi connectivity index (χ3v) is 6.45. The van der Waals surface area contributed by atoms with E-state index in [0.29, 0.717) is 18.4 Å². The number of halogens is 3. The number of rotatable bonds is 5. The fourth-order valence-corrected chi connectivity index (χ4v) is 5.11. The Kier molecular flexibility index (Phi) is 5.69. The number of likely N-dealkylation sites (tertiary alicyclic amines) is 1. The van der Waals surface area contributed by atoms with Crippen LogP contribution in [0.15, 0.2) is 54.6 Å². The predicted molar refractivity (Wildman–Crippen MR) is 104 cm³/mol. The summed E-state index contributed by atoms with van der Waals surface area (Å²) in [5, 5.41) is 20.8. The molecule has 3 nitrogen and oxygen atoms in total. The van der Waals surface area contributed by atoms with Crippen molar-refractivity contribution in [1.82, 2.24) is 4.90 Å². The van der Waals surface area contributed by atoms with Gasteiger partial charge in [0.05, 0.1) is 17.8 Å². The average molecular weight is 405 g/mol. The standard InChI is InChI=1S/C23H26F3NO2/c24-23(25,26)18-8-4-7-16(10-18)22(29)14-27-13-17-11-19(28)12-20(17)21(27)9-15-5-2-1-3-6-15/h1-8,10,17,19-22,28-29H,9,11-14H2. The average Bonchev–Trinajstić information content (AvgIpc) is 3.19. The minimum absolute atomic E-state index is 0.167. The molecule has 4 rings (SSSR count). The molecule has 1 aliphatic carbocycles. The molecule has 5 unspecified atom stereocenters. The van der Waals surface area contributed by atoms with Crippen molar-refractivity contribution < 1.29 is 23.4 Å². The van der Waals surface area contributed by atoms with Crippen LogP contribution in [0.3, 0.4) is 0 Å². The summed E-state index contributed by atoms with van der Waals surface area (Å²) >= 11 is 0. The van der Waals surface area contributed by atoms with Crippen LogP contribution in [-0.2, 0) is 12.6 Å². The summed E-state index contributed by atoms with van der Waals surface area (Å²) in [5.41, 5.74) is 0.741. The Hall–Kier alpha value is -1.89. The fraction of sp³-hybridized carbons (Fsp3) is 0.478. The number of benzene rings is 2. The zero-order valence-corrected chi connectivity index (χ0v) is 16.1. The molecule has 1 heterocycles. The lowest BCUT2D eigenvalue weighted by Gasteiger charge is -2.30. The molecule has 1 saturated heterocycles. The molecule has 29 heavy (non-hydrogen) atoms. The van der Waals surface area contributed by atoms with Gasteiger partial charge < -0.3 is 10.2 Å². The minimum atomic E-state index is -4.42. The van der Waals surface area contributed by atoms with Gasteiger partial charge in [0.15, 0.2) is 0 Å². The van der Waals surface area contributed by atoms with Crippen molar-refractivity contribution in [3.63, 3.8) is 0 Å². The van der Waals surface area contributed by atoms with Gasteiger partial charge in [-0.3, -0.25) is 4.90 Å². The number of hydrogen-bond acceptors (Lipinski definition) is 3. The lowest BCUT2D eigenvalue weighted by atomic mass is 9.90. The first kappa shape index (κ1) is 20.4. The maximum Gasteiger partial charge on any atom is 0.416 e. The molecule has 2 aliphatic rings. The molecule has 1 aliphatic heterocycles. The molecule has 2 aromatic rings. The lowest BCUT2D eigenvalue weighted by Crippen LogP contribution is -2.38. The van der Waals surface area contributed by atoms with Gasteiger partial charge in [-0.25, -0.2) is 0 Å². The van der Waals surface area contributed by atoms with Gasteiger partial charge >= 0.3 is 6.18 Å². The summed E-state index contributed by atoms with van der Waals surface area (Å²) in [6, 6.07) is 15.2. The van der Waals surface area contributed by atoms with Gasteiger partial charge in [-0.05, 0) is 54.4 Å². The van der Waals surface area contributed by atoms with E-state index in [1.54, 1.807) is 6.07 Å². The van der Waals surface area contributed by atoms with E-state index in [4.69, 9.17) is 0 Å². The van der Waals surface area contributed by atoms with Crippen molar-refractivity contribution >= 4 is 0 Å². The van der Waals surface area contributed by atoms with E-state index in [0.717, 1.165) is 37.9 Å². The van der Waals surface area contributed by atoms with Crippen LogP contribution in [0.2, 0.25) is 0 Å². The Morgan fingerprint density at radius 1 is 1.03 bits per heavy atom. The van der Waals surface area contributed by atoms with E-state index < -0.39 is 17.8 Å². The van der Waals surface area contributed by atoms with Crippen molar-refractivity contribution in [1.29, 1.82) is 0 Å².